The van der Waals surface area contributed by atoms with E-state index >= 15 is 0 Å². The zero-order valence-electron chi connectivity index (χ0n) is 7.21. The summed E-state index contributed by atoms with van der Waals surface area (Å²) in [4.78, 5) is 0. The van der Waals surface area contributed by atoms with Crippen molar-refractivity contribution in [1.82, 2.24) is 0 Å². The predicted molar refractivity (Wildman–Crippen MR) is 60.6 cm³/mol. The molecule has 1 nitrogen and oxygen atoms in total. The molecule has 0 radical (unpaired) electrons. The third-order valence-electron chi connectivity index (χ3n) is 1.54. The van der Waals surface area contributed by atoms with Gasteiger partial charge in [-0.3, -0.25) is 0 Å². The van der Waals surface area contributed by atoms with Crippen molar-refractivity contribution in [2.24, 2.45) is 0 Å². The second kappa shape index (κ2) is 4.80. The van der Waals surface area contributed by atoms with E-state index in [9.17, 15) is 0 Å². The van der Waals surface area contributed by atoms with Crippen molar-refractivity contribution >= 4 is 23.8 Å². The molecule has 0 aliphatic carbocycles. The summed E-state index contributed by atoms with van der Waals surface area (Å²) in [6, 6.07) is 6.17. The average molecular weight is 200 g/mol. The molecule has 3 heteroatoms. The van der Waals surface area contributed by atoms with Crippen LogP contribution in [0, 0.1) is 6.92 Å². The van der Waals surface area contributed by atoms with Gasteiger partial charge in [-0.15, -0.1) is 18.5 Å². The lowest BCUT2D eigenvalue weighted by Crippen LogP contribution is -2.05. The fourth-order valence-electron chi connectivity index (χ4n) is 0.968. The van der Waals surface area contributed by atoms with Crippen molar-refractivity contribution in [2.75, 3.05) is 12.8 Å². The van der Waals surface area contributed by atoms with Gasteiger partial charge in [-0.05, 0) is 25.2 Å². The molecule has 2 unspecified atom stereocenters. The molecule has 0 fully saturated rings. The summed E-state index contributed by atoms with van der Waals surface area (Å²) in [6.07, 6.45) is 0.970. The van der Waals surface area contributed by atoms with Crippen LogP contribution in [-0.2, 0) is 0 Å². The maximum Gasteiger partial charge on any atom is 0.126 e. The largest absolute Gasteiger partial charge is 0.493 e. The molecule has 12 heavy (non-hydrogen) atoms. The van der Waals surface area contributed by atoms with Gasteiger partial charge >= 0.3 is 0 Å². The van der Waals surface area contributed by atoms with Crippen LogP contribution in [0.4, 0.5) is 0 Å². The number of rotatable bonds is 3. The summed E-state index contributed by atoms with van der Waals surface area (Å²) < 4.78 is 5.50. The fraction of sp³-hybridized carbons (Fsp3) is 0.333. The molecule has 0 saturated carbocycles. The highest BCUT2D eigenvalue weighted by Crippen LogP contribution is 2.12. The number of aryl methyl sites for hydroxylation is 1. The van der Waals surface area contributed by atoms with Crippen LogP contribution in [0.25, 0.3) is 0 Å². The molecule has 0 aliphatic rings. The molecule has 66 valence electrons. The Morgan fingerprint density at radius 1 is 1.42 bits per heavy atom. The van der Waals surface area contributed by atoms with Crippen LogP contribution in [0.3, 0.4) is 0 Å². The van der Waals surface area contributed by atoms with Gasteiger partial charge in [-0.1, -0.05) is 11.6 Å². The first-order valence-electron chi connectivity index (χ1n) is 3.93. The van der Waals surface area contributed by atoms with Crippen molar-refractivity contribution < 1.29 is 4.74 Å². The Morgan fingerprint density at radius 2 is 2.17 bits per heavy atom. The topological polar surface area (TPSA) is 9.23 Å². The molecule has 0 amide bonds. The maximum absolute atomic E-state index is 5.50. The minimum absolute atomic E-state index is 0.759. The first-order chi connectivity index (χ1) is 5.74. The number of hydrogen-bond donors (Lipinski definition) is 0. The van der Waals surface area contributed by atoms with E-state index in [-0.39, 0.29) is 0 Å². The second-order valence-electron chi connectivity index (χ2n) is 2.68. The van der Waals surface area contributed by atoms with Gasteiger partial charge in [0.25, 0.3) is 0 Å². The molecule has 0 aliphatic heterocycles. The highest BCUT2D eigenvalue weighted by Gasteiger charge is 1.97. The van der Waals surface area contributed by atoms with Gasteiger partial charge in [-0.2, -0.15) is 0 Å². The minimum Gasteiger partial charge on any atom is -0.493 e. The molecule has 0 heterocycles. The summed E-state index contributed by atoms with van der Waals surface area (Å²) in [5.41, 5.74) is 1.26. The van der Waals surface area contributed by atoms with Gasteiger partial charge < -0.3 is 4.74 Å². The van der Waals surface area contributed by atoms with Gasteiger partial charge in [0.15, 0.2) is 0 Å². The van der Waals surface area contributed by atoms with E-state index in [4.69, 9.17) is 4.74 Å². The standard InChI is InChI=1S/C9H14OP2/c1-7-2-3-8(9(12)6-7)10-4-5-11/h2-3,6H,4-5,11-12H2,1H3. The molecule has 0 bridgehead atoms. The third kappa shape index (κ3) is 2.73. The second-order valence-corrected chi connectivity index (χ2v) is 3.88. The Labute approximate surface area is 78.3 Å². The van der Waals surface area contributed by atoms with Gasteiger partial charge in [0.2, 0.25) is 0 Å². The minimum atomic E-state index is 0.759. The summed E-state index contributed by atoms with van der Waals surface area (Å²) in [5.74, 6) is 0.966. The Kier molecular flexibility index (Phi) is 3.98. The van der Waals surface area contributed by atoms with Crippen LogP contribution >= 0.6 is 18.5 Å². The van der Waals surface area contributed by atoms with E-state index in [0.717, 1.165) is 23.8 Å². The van der Waals surface area contributed by atoms with E-state index in [1.54, 1.807) is 0 Å². The normalized spacial score (nSPS) is 9.92. The molecule has 1 aromatic carbocycles. The van der Waals surface area contributed by atoms with Crippen molar-refractivity contribution in [3.8, 4) is 5.75 Å². The monoisotopic (exact) mass is 200 g/mol. The molecule has 1 rings (SSSR count). The van der Waals surface area contributed by atoms with Crippen LogP contribution in [0.1, 0.15) is 5.56 Å². The summed E-state index contributed by atoms with van der Waals surface area (Å²) >= 11 is 0. The number of benzene rings is 1. The Morgan fingerprint density at radius 3 is 2.75 bits per heavy atom. The van der Waals surface area contributed by atoms with Gasteiger partial charge in [-0.25, -0.2) is 0 Å². The molecule has 0 aromatic heterocycles. The molecule has 1 aromatic rings. The zero-order valence-corrected chi connectivity index (χ0v) is 9.52. The first-order valence-corrected chi connectivity index (χ1v) is 5.32. The van der Waals surface area contributed by atoms with Crippen LogP contribution < -0.4 is 10.0 Å². The average Bonchev–Trinajstić information content (AvgIpc) is 2.03. The van der Waals surface area contributed by atoms with Gasteiger partial charge in [0, 0.05) is 5.30 Å². The predicted octanol–water partition coefficient (Wildman–Crippen LogP) is 1.75. The smallest absolute Gasteiger partial charge is 0.126 e. The zero-order chi connectivity index (χ0) is 8.97. The fourth-order valence-corrected chi connectivity index (χ4v) is 1.53. The molecular formula is C9H14OP2. The molecule has 0 spiro atoms. The van der Waals surface area contributed by atoms with Crippen molar-refractivity contribution in [3.05, 3.63) is 23.8 Å². The van der Waals surface area contributed by atoms with Gasteiger partial charge in [0.05, 0.1) is 6.61 Å². The first kappa shape index (κ1) is 9.96. The highest BCUT2D eigenvalue weighted by molar-refractivity contribution is 7.27. The SMILES string of the molecule is Cc1ccc(OCCP)c(P)c1. The van der Waals surface area contributed by atoms with E-state index in [1.165, 1.54) is 5.56 Å². The lowest BCUT2D eigenvalue weighted by molar-refractivity contribution is 0.347. The maximum atomic E-state index is 5.50. The van der Waals surface area contributed by atoms with E-state index < -0.39 is 0 Å². The van der Waals surface area contributed by atoms with E-state index in [2.05, 4.69) is 37.5 Å². The van der Waals surface area contributed by atoms with Crippen LogP contribution in [-0.4, -0.2) is 12.8 Å². The van der Waals surface area contributed by atoms with Crippen molar-refractivity contribution in [1.29, 1.82) is 0 Å². The molecular weight excluding hydrogens is 186 g/mol. The van der Waals surface area contributed by atoms with Crippen molar-refractivity contribution in [3.63, 3.8) is 0 Å². The lowest BCUT2D eigenvalue weighted by atomic mass is 10.2. The van der Waals surface area contributed by atoms with Crippen molar-refractivity contribution in [2.45, 2.75) is 6.92 Å². The third-order valence-corrected chi connectivity index (χ3v) is 2.23. The number of ether oxygens (including phenoxy) is 1. The van der Waals surface area contributed by atoms with Crippen LogP contribution in [0.5, 0.6) is 5.75 Å². The Balaban J connectivity index is 2.72. The summed E-state index contributed by atoms with van der Waals surface area (Å²) in [6.45, 7) is 2.84. The summed E-state index contributed by atoms with van der Waals surface area (Å²) in [7, 11) is 5.33. The summed E-state index contributed by atoms with van der Waals surface area (Å²) in [5, 5.41) is 1.13. The molecule has 0 saturated heterocycles. The van der Waals surface area contributed by atoms with E-state index in [0.29, 0.717) is 0 Å². The molecule has 2 atom stereocenters. The van der Waals surface area contributed by atoms with Gasteiger partial charge in [0.1, 0.15) is 5.75 Å². The van der Waals surface area contributed by atoms with Crippen LogP contribution in [0.2, 0.25) is 0 Å². The number of hydrogen-bond acceptors (Lipinski definition) is 1. The van der Waals surface area contributed by atoms with E-state index in [1.807, 2.05) is 6.07 Å². The Hall–Kier alpha value is -0.120. The highest BCUT2D eigenvalue weighted by atomic mass is 31.0. The molecule has 0 N–H and O–H groups in total. The van der Waals surface area contributed by atoms with Crippen LogP contribution in [0.15, 0.2) is 18.2 Å². The lowest BCUT2D eigenvalue weighted by Gasteiger charge is -2.07. The Bertz CT molecular complexity index is 261. The quantitative estimate of drug-likeness (QED) is 0.675.